The van der Waals surface area contributed by atoms with Gasteiger partial charge in [0.2, 0.25) is 11.8 Å². The van der Waals surface area contributed by atoms with Gasteiger partial charge in [-0.15, -0.1) is 0 Å². The number of fused-ring (bicyclic) bond motifs is 7. The Morgan fingerprint density at radius 3 is 2.83 bits per heavy atom. The van der Waals surface area contributed by atoms with Crippen molar-refractivity contribution in [1.29, 1.82) is 4.78 Å². The number of carbonyl (C=O) groups is 1. The minimum atomic E-state index is -2.90. The fraction of sp³-hybridized carbons (Fsp3) is 0.360. The number of guanidine groups is 1. The number of hydrogen-bond acceptors (Lipinski definition) is 8. The second-order valence-electron chi connectivity index (χ2n) is 9.46. The van der Waals surface area contributed by atoms with Gasteiger partial charge in [0.05, 0.1) is 45.2 Å². The molecule has 3 aromatic rings. The number of aliphatic imine (C=N–C) groups is 1. The molecule has 2 aliphatic heterocycles. The van der Waals surface area contributed by atoms with Crippen LogP contribution in [0.15, 0.2) is 46.4 Å². The number of pyridine rings is 1. The van der Waals surface area contributed by atoms with E-state index in [0.717, 1.165) is 29.8 Å². The van der Waals surface area contributed by atoms with E-state index < -0.39 is 15.6 Å². The summed E-state index contributed by atoms with van der Waals surface area (Å²) in [4.78, 5) is 24.8. The van der Waals surface area contributed by atoms with Gasteiger partial charge in [-0.3, -0.25) is 9.78 Å². The minimum Gasteiger partial charge on any atom is -0.477 e. The van der Waals surface area contributed by atoms with Gasteiger partial charge in [0.25, 0.3) is 5.91 Å². The summed E-state index contributed by atoms with van der Waals surface area (Å²) >= 11 is 0. The van der Waals surface area contributed by atoms with Crippen molar-refractivity contribution in [2.75, 3.05) is 29.6 Å². The van der Waals surface area contributed by atoms with Gasteiger partial charge < -0.3 is 15.0 Å². The lowest BCUT2D eigenvalue weighted by Gasteiger charge is -2.23. The largest absolute Gasteiger partial charge is 0.477 e. The van der Waals surface area contributed by atoms with Crippen LogP contribution >= 0.6 is 0 Å². The molecule has 10 nitrogen and oxygen atoms in total. The van der Waals surface area contributed by atoms with Gasteiger partial charge in [0, 0.05) is 36.0 Å². The molecule has 2 unspecified atom stereocenters. The number of nitrogens with one attached hydrogen (secondary N) is 2. The summed E-state index contributed by atoms with van der Waals surface area (Å²) in [5.41, 5.74) is 3.94. The van der Waals surface area contributed by atoms with Crippen LogP contribution in [-0.4, -0.2) is 50.2 Å². The first kappa shape index (κ1) is 24.0. The Morgan fingerprint density at radius 1 is 1.25 bits per heavy atom. The lowest BCUT2D eigenvalue weighted by molar-refractivity contribution is 0.100. The summed E-state index contributed by atoms with van der Waals surface area (Å²) in [7, 11) is -1.08. The van der Waals surface area contributed by atoms with Crippen molar-refractivity contribution < 1.29 is 13.7 Å². The molecule has 0 saturated carbocycles. The Bertz CT molecular complexity index is 1490. The Kier molecular flexibility index (Phi) is 6.03. The second kappa shape index (κ2) is 9.05. The van der Waals surface area contributed by atoms with Crippen molar-refractivity contribution in [3.05, 3.63) is 47.8 Å². The molecule has 2 aromatic heterocycles. The lowest BCUT2D eigenvalue weighted by Crippen LogP contribution is -2.35. The van der Waals surface area contributed by atoms with Crippen molar-refractivity contribution in [3.63, 3.8) is 0 Å². The standard InChI is InChI=1S/C25H29N7O3S/c1-15-6-5-9-35-24-19(13-27-31(24)3)21-11-17(10-16(2)28-21)23(33)30-25-29-20-8-7-18(36(4,26)34)12-22(20)32(25)14-15/h7-8,10-13,15,26H,5-6,9,14H2,1-4H3,(H,29,30,33). The number of aromatic nitrogens is 3. The number of rotatable bonds is 1. The molecule has 36 heavy (non-hydrogen) atoms. The fourth-order valence-electron chi connectivity index (χ4n) is 4.53. The summed E-state index contributed by atoms with van der Waals surface area (Å²) in [6.45, 7) is 5.08. The topological polar surface area (TPSA) is 126 Å². The molecule has 2 atom stereocenters. The van der Waals surface area contributed by atoms with Crippen LogP contribution in [0, 0.1) is 17.6 Å². The van der Waals surface area contributed by atoms with Crippen molar-refractivity contribution in [2.24, 2.45) is 18.0 Å². The molecule has 5 rings (SSSR count). The van der Waals surface area contributed by atoms with Crippen molar-refractivity contribution in [1.82, 2.24) is 14.8 Å². The molecule has 2 bridgehead atoms. The van der Waals surface area contributed by atoms with E-state index in [-0.39, 0.29) is 5.92 Å². The highest BCUT2D eigenvalue weighted by Gasteiger charge is 2.29. The van der Waals surface area contributed by atoms with Gasteiger partial charge in [0.15, 0.2) is 0 Å². The van der Waals surface area contributed by atoms with E-state index in [9.17, 15) is 9.00 Å². The molecule has 1 aromatic carbocycles. The summed E-state index contributed by atoms with van der Waals surface area (Å²) < 4.78 is 28.2. The predicted octanol–water partition coefficient (Wildman–Crippen LogP) is 4.06. The third-order valence-corrected chi connectivity index (χ3v) is 7.51. The van der Waals surface area contributed by atoms with Crippen LogP contribution in [0.2, 0.25) is 0 Å². The molecule has 0 radical (unpaired) electrons. The number of hydrogen-bond donors (Lipinski definition) is 2. The maximum atomic E-state index is 13.4. The Morgan fingerprint density at radius 2 is 2.06 bits per heavy atom. The molecule has 2 aliphatic rings. The highest BCUT2D eigenvalue weighted by Crippen LogP contribution is 2.36. The number of carbonyl (C=O) groups excluding carboxylic acids is 1. The fourth-order valence-corrected chi connectivity index (χ4v) is 5.19. The molecule has 11 heteroatoms. The third-order valence-electron chi connectivity index (χ3n) is 6.35. The average Bonchev–Trinajstić information content (AvgIpc) is 3.34. The highest BCUT2D eigenvalue weighted by atomic mass is 32.2. The van der Waals surface area contributed by atoms with Crippen molar-refractivity contribution >= 4 is 33.0 Å². The van der Waals surface area contributed by atoms with Crippen LogP contribution in [0.3, 0.4) is 0 Å². The molecule has 0 spiro atoms. The summed E-state index contributed by atoms with van der Waals surface area (Å²) in [6.07, 6.45) is 4.81. The highest BCUT2D eigenvalue weighted by molar-refractivity contribution is 7.91. The van der Waals surface area contributed by atoms with Crippen molar-refractivity contribution in [3.8, 4) is 17.1 Å². The van der Waals surface area contributed by atoms with Crippen LogP contribution < -0.4 is 15.0 Å². The first-order valence-electron chi connectivity index (χ1n) is 11.8. The molecule has 2 N–H and O–H groups in total. The van der Waals surface area contributed by atoms with E-state index in [0.29, 0.717) is 46.8 Å². The number of amides is 1. The van der Waals surface area contributed by atoms with Gasteiger partial charge in [-0.25, -0.2) is 13.7 Å². The van der Waals surface area contributed by atoms with Gasteiger partial charge in [-0.1, -0.05) is 6.92 Å². The predicted molar refractivity (Wildman–Crippen MR) is 139 cm³/mol. The normalized spacial score (nSPS) is 20.9. The van der Waals surface area contributed by atoms with Gasteiger partial charge >= 0.3 is 0 Å². The molecule has 0 aliphatic carbocycles. The maximum Gasteiger partial charge on any atom is 0.280 e. The lowest BCUT2D eigenvalue weighted by atomic mass is 10.1. The monoisotopic (exact) mass is 507 g/mol. The Balaban J connectivity index is 1.61. The minimum absolute atomic E-state index is 0.244. The first-order chi connectivity index (χ1) is 17.1. The number of ether oxygens (including phenoxy) is 1. The molecular formula is C25H29N7O3S. The van der Waals surface area contributed by atoms with E-state index in [1.165, 1.54) is 6.26 Å². The maximum absolute atomic E-state index is 13.4. The first-order valence-corrected chi connectivity index (χ1v) is 13.8. The van der Waals surface area contributed by atoms with Gasteiger partial charge in [0.1, 0.15) is 0 Å². The molecule has 1 amide bonds. The van der Waals surface area contributed by atoms with Gasteiger partial charge in [-0.2, -0.15) is 10.1 Å². The van der Waals surface area contributed by atoms with Crippen molar-refractivity contribution in [2.45, 2.75) is 31.6 Å². The summed E-state index contributed by atoms with van der Waals surface area (Å²) in [6, 6.07) is 8.65. The molecule has 4 heterocycles. The van der Waals surface area contributed by atoms with Crippen LogP contribution in [0.4, 0.5) is 11.4 Å². The zero-order valence-electron chi connectivity index (χ0n) is 20.7. The molecule has 188 valence electrons. The number of aryl methyl sites for hydroxylation is 2. The van der Waals surface area contributed by atoms with E-state index in [1.54, 1.807) is 41.2 Å². The zero-order chi connectivity index (χ0) is 25.6. The van der Waals surface area contributed by atoms with Crippen LogP contribution in [0.1, 0.15) is 35.8 Å². The molecule has 0 fully saturated rings. The quantitative estimate of drug-likeness (QED) is 0.509. The second-order valence-corrected chi connectivity index (χ2v) is 11.6. The summed E-state index contributed by atoms with van der Waals surface area (Å²) in [5.74, 6) is 0.864. The van der Waals surface area contributed by atoms with E-state index in [2.05, 4.69) is 27.3 Å². The smallest absolute Gasteiger partial charge is 0.280 e. The average molecular weight is 508 g/mol. The SMILES string of the molecule is Cc1cc2cc(n1)-c1cnn(C)c1OCCCC(C)CN1/C(=N/C2=O)Nc2ccc(S(C)(=N)=O)cc21. The van der Waals surface area contributed by atoms with E-state index in [4.69, 9.17) is 9.52 Å². The van der Waals surface area contributed by atoms with Crippen LogP contribution in [-0.2, 0) is 16.8 Å². The zero-order valence-corrected chi connectivity index (χ0v) is 21.6. The van der Waals surface area contributed by atoms with E-state index in [1.807, 2.05) is 18.9 Å². The number of nitrogens with zero attached hydrogens (tertiary/aromatic N) is 5. The Hall–Kier alpha value is -3.73. The summed E-state index contributed by atoms with van der Waals surface area (Å²) in [5, 5.41) is 7.59. The molecule has 0 saturated heterocycles. The Labute approximate surface area is 210 Å². The van der Waals surface area contributed by atoms with E-state index >= 15 is 0 Å². The molecular weight excluding hydrogens is 478 g/mol. The third kappa shape index (κ3) is 4.58. The van der Waals surface area contributed by atoms with Gasteiger partial charge in [-0.05, 0) is 56.0 Å². The van der Waals surface area contributed by atoms with Crippen LogP contribution in [0.5, 0.6) is 5.88 Å². The number of anilines is 2. The van der Waals surface area contributed by atoms with Crippen LogP contribution in [0.25, 0.3) is 11.3 Å². The number of benzene rings is 1.